The van der Waals surface area contributed by atoms with Crippen molar-refractivity contribution in [2.24, 2.45) is 0 Å². The van der Waals surface area contributed by atoms with Crippen LogP contribution in [0.4, 0.5) is 0 Å². The summed E-state index contributed by atoms with van der Waals surface area (Å²) in [4.78, 5) is 13.3. The maximum Gasteiger partial charge on any atom is 0.234 e. The Hall–Kier alpha value is -4.51. The lowest BCUT2D eigenvalue weighted by molar-refractivity contribution is 0.463. The van der Waals surface area contributed by atoms with E-state index in [4.69, 9.17) is 4.74 Å². The highest BCUT2D eigenvalue weighted by molar-refractivity contribution is 6.09. The average Bonchev–Trinajstić information content (AvgIpc) is 3.19. The van der Waals surface area contributed by atoms with Gasteiger partial charge >= 0.3 is 0 Å². The van der Waals surface area contributed by atoms with Crippen LogP contribution in [0.3, 0.4) is 0 Å². The summed E-state index contributed by atoms with van der Waals surface area (Å²) in [5.74, 6) is 1.97. The van der Waals surface area contributed by atoms with Gasteiger partial charge < -0.3 is 4.74 Å². The zero-order valence-corrected chi connectivity index (χ0v) is 17.1. The molecular formula is C27H18N4O. The van der Waals surface area contributed by atoms with Crippen LogP contribution in [0.2, 0.25) is 0 Å². The van der Waals surface area contributed by atoms with E-state index in [2.05, 4.69) is 62.0 Å². The first-order valence-corrected chi connectivity index (χ1v) is 10.4. The molecule has 152 valence electrons. The third-order valence-corrected chi connectivity index (χ3v) is 5.45. The van der Waals surface area contributed by atoms with Crippen molar-refractivity contribution in [3.63, 3.8) is 0 Å². The Bertz CT molecular complexity index is 1540. The molecule has 32 heavy (non-hydrogen) atoms. The normalized spacial score (nSPS) is 11.1. The number of hydrogen-bond acceptors (Lipinski definition) is 4. The largest absolute Gasteiger partial charge is 0.439 e. The molecule has 3 aromatic carbocycles. The van der Waals surface area contributed by atoms with E-state index in [1.807, 2.05) is 48.5 Å². The zero-order valence-electron chi connectivity index (χ0n) is 17.1. The number of ether oxygens (including phenoxy) is 1. The van der Waals surface area contributed by atoms with Gasteiger partial charge in [0.25, 0.3) is 0 Å². The van der Waals surface area contributed by atoms with E-state index in [9.17, 15) is 0 Å². The van der Waals surface area contributed by atoms with Crippen molar-refractivity contribution in [3.8, 4) is 28.7 Å². The van der Waals surface area contributed by atoms with Crippen LogP contribution < -0.4 is 4.74 Å². The monoisotopic (exact) mass is 414 g/mol. The Labute approximate surface area is 184 Å². The lowest BCUT2D eigenvalue weighted by atomic mass is 10.0. The van der Waals surface area contributed by atoms with Gasteiger partial charge in [-0.25, -0.2) is 15.0 Å². The van der Waals surface area contributed by atoms with Crippen molar-refractivity contribution in [2.75, 3.05) is 0 Å². The van der Waals surface area contributed by atoms with Crippen LogP contribution in [0.1, 0.15) is 0 Å². The Kier molecular flexibility index (Phi) is 4.36. The van der Waals surface area contributed by atoms with Gasteiger partial charge in [0.1, 0.15) is 5.75 Å². The molecule has 6 rings (SSSR count). The molecule has 0 bridgehead atoms. The smallest absolute Gasteiger partial charge is 0.234 e. The van der Waals surface area contributed by atoms with Crippen molar-refractivity contribution in [1.82, 2.24) is 19.5 Å². The first-order chi connectivity index (χ1) is 15.9. The van der Waals surface area contributed by atoms with Crippen LogP contribution >= 0.6 is 0 Å². The summed E-state index contributed by atoms with van der Waals surface area (Å²) < 4.78 is 8.05. The number of aromatic nitrogens is 4. The summed E-state index contributed by atoms with van der Waals surface area (Å²) in [5, 5.41) is 2.34. The van der Waals surface area contributed by atoms with E-state index in [0.717, 1.165) is 33.3 Å². The van der Waals surface area contributed by atoms with Gasteiger partial charge in [-0.15, -0.1) is 0 Å². The van der Waals surface area contributed by atoms with Crippen LogP contribution in [0, 0.1) is 0 Å². The molecule has 5 heteroatoms. The molecule has 6 aromatic rings. The molecule has 0 atom stereocenters. The minimum absolute atomic E-state index is 0.571. The molecule has 3 aromatic heterocycles. The summed E-state index contributed by atoms with van der Waals surface area (Å²) in [6.07, 6.45) is 5.26. The minimum atomic E-state index is 0.571. The molecule has 0 aliphatic carbocycles. The molecule has 0 fully saturated rings. The van der Waals surface area contributed by atoms with Crippen LogP contribution in [0.25, 0.3) is 38.9 Å². The van der Waals surface area contributed by atoms with E-state index in [1.165, 1.54) is 5.39 Å². The SMILES string of the molecule is c1ccc(Oc2cccc(-c3ccc4c5ccccc5n(-c5ncccn5)c4c3)c2)nc1. The maximum atomic E-state index is 5.93. The lowest BCUT2D eigenvalue weighted by Crippen LogP contribution is -1.99. The van der Waals surface area contributed by atoms with Crippen molar-refractivity contribution in [2.45, 2.75) is 0 Å². The van der Waals surface area contributed by atoms with Crippen molar-refractivity contribution < 1.29 is 4.74 Å². The summed E-state index contributed by atoms with van der Waals surface area (Å²) in [7, 11) is 0. The second kappa shape index (κ2) is 7.63. The number of benzene rings is 3. The number of fused-ring (bicyclic) bond motifs is 3. The Morgan fingerprint density at radius 1 is 0.562 bits per heavy atom. The molecule has 0 unspecified atom stereocenters. The number of pyridine rings is 1. The zero-order chi connectivity index (χ0) is 21.3. The van der Waals surface area contributed by atoms with Gasteiger partial charge in [0.15, 0.2) is 0 Å². The predicted molar refractivity (Wildman–Crippen MR) is 126 cm³/mol. The Balaban J connectivity index is 1.50. The van der Waals surface area contributed by atoms with E-state index in [1.54, 1.807) is 18.6 Å². The highest BCUT2D eigenvalue weighted by atomic mass is 16.5. The predicted octanol–water partition coefficient (Wildman–Crippen LogP) is 6.43. The third-order valence-electron chi connectivity index (χ3n) is 5.45. The second-order valence-corrected chi connectivity index (χ2v) is 7.43. The Morgan fingerprint density at radius 2 is 1.34 bits per heavy atom. The van der Waals surface area contributed by atoms with Gasteiger partial charge in [-0.2, -0.15) is 0 Å². The molecule has 0 radical (unpaired) electrons. The van der Waals surface area contributed by atoms with Gasteiger partial charge in [0.05, 0.1) is 11.0 Å². The summed E-state index contributed by atoms with van der Waals surface area (Å²) >= 11 is 0. The van der Waals surface area contributed by atoms with Crippen LogP contribution in [0.15, 0.2) is 110 Å². The number of rotatable bonds is 4. The fraction of sp³-hybridized carbons (Fsp3) is 0. The Morgan fingerprint density at radius 3 is 2.22 bits per heavy atom. The van der Waals surface area contributed by atoms with Gasteiger partial charge in [-0.3, -0.25) is 4.57 Å². The molecule has 0 aliphatic heterocycles. The van der Waals surface area contributed by atoms with Gasteiger partial charge in [0, 0.05) is 35.4 Å². The number of nitrogens with zero attached hydrogens (tertiary/aromatic N) is 4. The molecule has 5 nitrogen and oxygen atoms in total. The molecule has 0 saturated carbocycles. The second-order valence-electron chi connectivity index (χ2n) is 7.43. The summed E-state index contributed by atoms with van der Waals surface area (Å²) in [6.45, 7) is 0. The van der Waals surface area contributed by atoms with Crippen LogP contribution in [-0.2, 0) is 0 Å². The fourth-order valence-electron chi connectivity index (χ4n) is 4.04. The molecule has 0 amide bonds. The minimum Gasteiger partial charge on any atom is -0.439 e. The average molecular weight is 414 g/mol. The molecule has 0 saturated heterocycles. The first-order valence-electron chi connectivity index (χ1n) is 10.4. The van der Waals surface area contributed by atoms with Crippen molar-refractivity contribution in [1.29, 1.82) is 0 Å². The van der Waals surface area contributed by atoms with E-state index >= 15 is 0 Å². The summed E-state index contributed by atoms with van der Waals surface area (Å²) in [6, 6.07) is 30.3. The van der Waals surface area contributed by atoms with Crippen LogP contribution in [-0.4, -0.2) is 19.5 Å². The molecule has 3 heterocycles. The highest BCUT2D eigenvalue weighted by Gasteiger charge is 2.14. The first kappa shape index (κ1) is 18.3. The van der Waals surface area contributed by atoms with E-state index in [0.29, 0.717) is 11.8 Å². The van der Waals surface area contributed by atoms with Crippen molar-refractivity contribution >= 4 is 21.8 Å². The summed E-state index contributed by atoms with van der Waals surface area (Å²) in [5.41, 5.74) is 4.29. The molecule has 0 N–H and O–H groups in total. The van der Waals surface area contributed by atoms with Crippen molar-refractivity contribution in [3.05, 3.63) is 110 Å². The fourth-order valence-corrected chi connectivity index (χ4v) is 4.04. The number of para-hydroxylation sites is 1. The van der Waals surface area contributed by atoms with Gasteiger partial charge in [-0.05, 0) is 47.5 Å². The standard InChI is InChI=1S/C27H18N4O/c1-2-10-24-22(9-1)23-13-12-20(18-25(23)31(24)27-29-15-6-16-30-27)19-7-5-8-21(17-19)32-26-11-3-4-14-28-26/h1-18H. The molecular weight excluding hydrogens is 396 g/mol. The van der Waals surface area contributed by atoms with Gasteiger partial charge in [-0.1, -0.05) is 48.5 Å². The lowest BCUT2D eigenvalue weighted by Gasteiger charge is -2.09. The molecule has 0 aliphatic rings. The highest BCUT2D eigenvalue weighted by Crippen LogP contribution is 2.34. The topological polar surface area (TPSA) is 52.8 Å². The maximum absolute atomic E-state index is 5.93. The van der Waals surface area contributed by atoms with E-state index in [-0.39, 0.29) is 0 Å². The molecule has 0 spiro atoms. The van der Waals surface area contributed by atoms with E-state index < -0.39 is 0 Å². The third kappa shape index (κ3) is 3.17. The van der Waals surface area contributed by atoms with Gasteiger partial charge in [0.2, 0.25) is 11.8 Å². The van der Waals surface area contributed by atoms with Crippen LogP contribution in [0.5, 0.6) is 11.6 Å². The number of hydrogen-bond donors (Lipinski definition) is 0. The quantitative estimate of drug-likeness (QED) is 0.334.